The maximum absolute atomic E-state index is 12.7. The number of aliphatic hydroxyl groups is 1. The molecule has 124 valence electrons. The molecule has 0 aliphatic heterocycles. The molecule has 0 aliphatic rings. The van der Waals surface area contributed by atoms with Crippen LogP contribution in [0.15, 0.2) is 12.1 Å². The molecule has 1 atom stereocenters. The van der Waals surface area contributed by atoms with Crippen LogP contribution in [0.2, 0.25) is 5.02 Å². The van der Waals surface area contributed by atoms with Crippen molar-refractivity contribution in [2.24, 2.45) is 5.41 Å². The number of nitro groups is 1. The number of halogens is 4. The lowest BCUT2D eigenvalue weighted by molar-refractivity contribution is -0.384. The van der Waals surface area contributed by atoms with Gasteiger partial charge in [0.1, 0.15) is 5.69 Å². The predicted octanol–water partition coefficient (Wildman–Crippen LogP) is 4.09. The molecule has 0 spiro atoms. The summed E-state index contributed by atoms with van der Waals surface area (Å²) >= 11 is 5.55. The smallest absolute Gasteiger partial charge is 0.391 e. The summed E-state index contributed by atoms with van der Waals surface area (Å²) in [7, 11) is 0. The summed E-state index contributed by atoms with van der Waals surface area (Å²) in [6.07, 6.45) is -5.64. The van der Waals surface area contributed by atoms with E-state index in [1.165, 1.54) is 0 Å². The number of nitro benzene ring substituents is 1. The zero-order valence-electron chi connectivity index (χ0n) is 12.2. The minimum Gasteiger partial charge on any atom is -0.391 e. The van der Waals surface area contributed by atoms with E-state index in [9.17, 15) is 28.4 Å². The topological polar surface area (TPSA) is 75.4 Å². The van der Waals surface area contributed by atoms with Gasteiger partial charge in [0.05, 0.1) is 21.6 Å². The summed E-state index contributed by atoms with van der Waals surface area (Å²) in [5.41, 5.74) is -2.69. The molecular formula is C13H16ClF3N2O3. The van der Waals surface area contributed by atoms with Crippen LogP contribution in [-0.2, 0) is 6.18 Å². The Morgan fingerprint density at radius 3 is 2.32 bits per heavy atom. The normalized spacial score (nSPS) is 13.8. The van der Waals surface area contributed by atoms with Crippen molar-refractivity contribution >= 4 is 23.0 Å². The van der Waals surface area contributed by atoms with E-state index in [1.807, 2.05) is 0 Å². The first kappa shape index (κ1) is 18.5. The quantitative estimate of drug-likeness (QED) is 0.639. The monoisotopic (exact) mass is 340 g/mol. The minimum absolute atomic E-state index is 0.0635. The molecule has 0 saturated carbocycles. The van der Waals surface area contributed by atoms with Gasteiger partial charge in [-0.2, -0.15) is 13.2 Å². The van der Waals surface area contributed by atoms with Gasteiger partial charge in [-0.3, -0.25) is 10.1 Å². The van der Waals surface area contributed by atoms with Crippen LogP contribution in [0.3, 0.4) is 0 Å². The van der Waals surface area contributed by atoms with E-state index in [0.717, 1.165) is 6.07 Å². The number of rotatable bonds is 4. The van der Waals surface area contributed by atoms with Crippen LogP contribution in [0.4, 0.5) is 24.5 Å². The third-order valence-corrected chi connectivity index (χ3v) is 3.39. The van der Waals surface area contributed by atoms with Gasteiger partial charge in [-0.25, -0.2) is 0 Å². The van der Waals surface area contributed by atoms with E-state index < -0.39 is 38.9 Å². The Hall–Kier alpha value is -1.54. The molecule has 1 aromatic rings. The summed E-state index contributed by atoms with van der Waals surface area (Å²) < 4.78 is 38.2. The van der Waals surface area contributed by atoms with E-state index in [0.29, 0.717) is 6.07 Å². The van der Waals surface area contributed by atoms with Crippen LogP contribution in [-0.4, -0.2) is 22.7 Å². The molecule has 5 nitrogen and oxygen atoms in total. The lowest BCUT2D eigenvalue weighted by Crippen LogP contribution is -2.33. The first-order chi connectivity index (χ1) is 9.84. The zero-order valence-corrected chi connectivity index (χ0v) is 12.9. The standard InChI is InChI=1S/C13H16ClF3N2O3/c1-12(2,3)11(20)6-18-9-5-8(14)7(13(15,16)17)4-10(9)19(21)22/h4-5,11,18,20H,6H2,1-3H3. The molecule has 0 radical (unpaired) electrons. The third kappa shape index (κ3) is 4.48. The van der Waals surface area contributed by atoms with Crippen LogP contribution in [0, 0.1) is 15.5 Å². The highest BCUT2D eigenvalue weighted by Crippen LogP contribution is 2.40. The first-order valence-electron chi connectivity index (χ1n) is 6.31. The highest BCUT2D eigenvalue weighted by Gasteiger charge is 2.36. The van der Waals surface area contributed by atoms with Gasteiger partial charge in [0.15, 0.2) is 0 Å². The van der Waals surface area contributed by atoms with Crippen molar-refractivity contribution in [2.75, 3.05) is 11.9 Å². The van der Waals surface area contributed by atoms with Crippen molar-refractivity contribution in [3.8, 4) is 0 Å². The molecule has 0 aliphatic carbocycles. The molecule has 0 fully saturated rings. The summed E-state index contributed by atoms with van der Waals surface area (Å²) in [6, 6.07) is 1.23. The molecule has 2 N–H and O–H groups in total. The number of nitrogens with zero attached hydrogens (tertiary/aromatic N) is 1. The second kappa shape index (κ2) is 6.29. The molecule has 1 unspecified atom stereocenters. The maximum Gasteiger partial charge on any atom is 0.418 e. The van der Waals surface area contributed by atoms with Gasteiger partial charge < -0.3 is 10.4 Å². The fourth-order valence-electron chi connectivity index (χ4n) is 1.58. The number of aliphatic hydroxyl groups excluding tert-OH is 1. The number of alkyl halides is 3. The van der Waals surface area contributed by atoms with Crippen molar-refractivity contribution in [1.29, 1.82) is 0 Å². The SMILES string of the molecule is CC(C)(C)C(O)CNc1cc(Cl)c(C(F)(F)F)cc1[N+](=O)[O-]. The van der Waals surface area contributed by atoms with Crippen molar-refractivity contribution in [3.05, 3.63) is 32.8 Å². The van der Waals surface area contributed by atoms with Crippen molar-refractivity contribution in [2.45, 2.75) is 33.1 Å². The van der Waals surface area contributed by atoms with Crippen LogP contribution in [0.1, 0.15) is 26.3 Å². The van der Waals surface area contributed by atoms with Crippen LogP contribution in [0.25, 0.3) is 0 Å². The van der Waals surface area contributed by atoms with E-state index in [2.05, 4.69) is 5.32 Å². The van der Waals surface area contributed by atoms with Gasteiger partial charge in [-0.05, 0) is 11.5 Å². The van der Waals surface area contributed by atoms with Crippen molar-refractivity contribution in [1.82, 2.24) is 0 Å². The van der Waals surface area contributed by atoms with Gasteiger partial charge in [0.2, 0.25) is 0 Å². The molecule has 0 saturated heterocycles. The van der Waals surface area contributed by atoms with Gasteiger partial charge >= 0.3 is 6.18 Å². The number of benzene rings is 1. The molecule has 22 heavy (non-hydrogen) atoms. The largest absolute Gasteiger partial charge is 0.418 e. The van der Waals surface area contributed by atoms with Gasteiger partial charge in [-0.1, -0.05) is 32.4 Å². The molecule has 0 heterocycles. The molecule has 0 amide bonds. The Morgan fingerprint density at radius 1 is 1.36 bits per heavy atom. The van der Waals surface area contributed by atoms with Crippen LogP contribution >= 0.6 is 11.6 Å². The average Bonchev–Trinajstić information content (AvgIpc) is 2.32. The third-order valence-electron chi connectivity index (χ3n) is 3.07. The number of anilines is 1. The van der Waals surface area contributed by atoms with Gasteiger partial charge in [0.25, 0.3) is 5.69 Å². The van der Waals surface area contributed by atoms with E-state index in [4.69, 9.17) is 11.6 Å². The average molecular weight is 341 g/mol. The maximum atomic E-state index is 12.7. The molecule has 9 heteroatoms. The number of hydrogen-bond donors (Lipinski definition) is 2. The van der Waals surface area contributed by atoms with Crippen molar-refractivity contribution in [3.63, 3.8) is 0 Å². The highest BCUT2D eigenvalue weighted by molar-refractivity contribution is 6.31. The fourth-order valence-corrected chi connectivity index (χ4v) is 1.86. The molecule has 1 rings (SSSR count). The van der Waals surface area contributed by atoms with Crippen molar-refractivity contribution < 1.29 is 23.2 Å². The minimum atomic E-state index is -4.79. The van der Waals surface area contributed by atoms with E-state index in [-0.39, 0.29) is 12.2 Å². The fraction of sp³-hybridized carbons (Fsp3) is 0.538. The number of hydrogen-bond acceptors (Lipinski definition) is 4. The second-order valence-corrected chi connectivity index (χ2v) is 6.27. The lowest BCUT2D eigenvalue weighted by atomic mass is 9.89. The summed E-state index contributed by atoms with van der Waals surface area (Å²) in [4.78, 5) is 10.0. The Morgan fingerprint density at radius 2 is 1.91 bits per heavy atom. The van der Waals surface area contributed by atoms with Crippen LogP contribution < -0.4 is 5.32 Å². The number of nitrogens with one attached hydrogen (secondary N) is 1. The van der Waals surface area contributed by atoms with E-state index in [1.54, 1.807) is 20.8 Å². The Bertz CT molecular complexity index is 571. The second-order valence-electron chi connectivity index (χ2n) is 5.87. The Balaban J connectivity index is 3.15. The predicted molar refractivity (Wildman–Crippen MR) is 77.1 cm³/mol. The molecular weight excluding hydrogens is 325 g/mol. The summed E-state index contributed by atoms with van der Waals surface area (Å²) in [5, 5.41) is 22.8. The van der Waals surface area contributed by atoms with Gasteiger partial charge in [-0.15, -0.1) is 0 Å². The summed E-state index contributed by atoms with van der Waals surface area (Å²) in [6.45, 7) is 5.21. The van der Waals surface area contributed by atoms with Crippen LogP contribution in [0.5, 0.6) is 0 Å². The lowest BCUT2D eigenvalue weighted by Gasteiger charge is -2.26. The summed E-state index contributed by atoms with van der Waals surface area (Å²) in [5.74, 6) is 0. The Labute approximate surface area is 130 Å². The molecule has 0 bridgehead atoms. The molecule has 0 aromatic heterocycles. The Kier molecular flexibility index (Phi) is 5.30. The zero-order chi connectivity index (χ0) is 17.3. The molecule has 1 aromatic carbocycles. The highest BCUT2D eigenvalue weighted by atomic mass is 35.5. The van der Waals surface area contributed by atoms with Gasteiger partial charge in [0, 0.05) is 12.6 Å². The first-order valence-corrected chi connectivity index (χ1v) is 6.69. The van der Waals surface area contributed by atoms with E-state index >= 15 is 0 Å².